The van der Waals surface area contributed by atoms with Gasteiger partial charge >= 0.3 is 0 Å². The second-order valence-electron chi connectivity index (χ2n) is 4.58. The number of nitrogens with zero attached hydrogens (tertiary/aromatic N) is 2. The zero-order chi connectivity index (χ0) is 13.2. The number of carbonyl (C=O) groups is 1. The van der Waals surface area contributed by atoms with E-state index in [-0.39, 0.29) is 11.9 Å². The minimum atomic E-state index is 0.0345. The molecule has 1 amide bonds. The second-order valence-corrected chi connectivity index (χ2v) is 5.53. The maximum atomic E-state index is 11.4. The monoisotopic (exact) mass is 279 g/mol. The maximum absolute atomic E-state index is 11.4. The summed E-state index contributed by atoms with van der Waals surface area (Å²) >= 11 is 1.57. The fraction of sp³-hybridized carbons (Fsp3) is 0.417. The van der Waals surface area contributed by atoms with Gasteiger partial charge in [-0.1, -0.05) is 6.07 Å². The van der Waals surface area contributed by atoms with Gasteiger partial charge in [0.15, 0.2) is 12.6 Å². The van der Waals surface area contributed by atoms with Crippen LogP contribution in [0.15, 0.2) is 21.9 Å². The Morgan fingerprint density at radius 3 is 3.16 bits per heavy atom. The summed E-state index contributed by atoms with van der Waals surface area (Å²) in [6.07, 6.45) is 0. The molecule has 7 heteroatoms. The molecule has 19 heavy (non-hydrogen) atoms. The van der Waals surface area contributed by atoms with Gasteiger partial charge in [0.25, 0.3) is 17.7 Å². The molecule has 0 saturated carbocycles. The quantitative estimate of drug-likeness (QED) is 0.821. The van der Waals surface area contributed by atoms with Crippen LogP contribution in [0, 0.1) is 0 Å². The van der Waals surface area contributed by atoms with Gasteiger partial charge in [0, 0.05) is 0 Å². The Morgan fingerprint density at radius 2 is 2.42 bits per heavy atom. The van der Waals surface area contributed by atoms with Gasteiger partial charge in [0.1, 0.15) is 0 Å². The van der Waals surface area contributed by atoms with Crippen molar-refractivity contribution in [1.29, 1.82) is 0 Å². The van der Waals surface area contributed by atoms with Crippen molar-refractivity contribution in [2.75, 3.05) is 19.6 Å². The lowest BCUT2D eigenvalue weighted by molar-refractivity contribution is -0.924. The second kappa shape index (κ2) is 5.10. The number of carbonyl (C=O) groups excluding carboxylic acids is 1. The predicted octanol–water partition coefficient (Wildman–Crippen LogP) is -0.126. The number of rotatable bonds is 3. The highest BCUT2D eigenvalue weighted by molar-refractivity contribution is 7.13. The molecule has 1 unspecified atom stereocenters. The first-order valence-corrected chi connectivity index (χ1v) is 7.10. The lowest BCUT2D eigenvalue weighted by Crippen LogP contribution is -3.15. The zero-order valence-corrected chi connectivity index (χ0v) is 11.4. The number of aromatic nitrogens is 2. The molecule has 2 N–H and O–H groups in total. The summed E-state index contributed by atoms with van der Waals surface area (Å²) in [5.74, 6) is 1.22. The summed E-state index contributed by atoms with van der Waals surface area (Å²) in [5, 5.41) is 13.0. The van der Waals surface area contributed by atoms with E-state index >= 15 is 0 Å². The summed E-state index contributed by atoms with van der Waals surface area (Å²) in [6, 6.07) is 3.94. The number of thiophene rings is 1. The molecule has 6 nitrogen and oxygen atoms in total. The first kappa shape index (κ1) is 12.3. The van der Waals surface area contributed by atoms with Crippen LogP contribution in [-0.4, -0.2) is 35.7 Å². The fourth-order valence-corrected chi connectivity index (χ4v) is 2.82. The summed E-state index contributed by atoms with van der Waals surface area (Å²) in [5.41, 5.74) is 0. The molecule has 3 heterocycles. The molecule has 2 aromatic heterocycles. The van der Waals surface area contributed by atoms with Crippen molar-refractivity contribution in [1.82, 2.24) is 15.5 Å². The molecule has 2 aromatic rings. The molecule has 1 aliphatic rings. The average Bonchev–Trinajstić information content (AvgIpc) is 3.08. The van der Waals surface area contributed by atoms with Crippen molar-refractivity contribution < 1.29 is 14.1 Å². The molecule has 0 radical (unpaired) electrons. The van der Waals surface area contributed by atoms with Crippen LogP contribution in [0.1, 0.15) is 18.9 Å². The molecular weight excluding hydrogens is 264 g/mol. The maximum Gasteiger partial charge on any atom is 0.275 e. The molecular formula is C12H15N4O2S+. The standard InChI is InChI=1S/C12H14N4O2S/c1-8(16-5-4-13-10(17)7-16)11-14-15-12(18-11)9-3-2-6-19-9/h2-3,6,8H,4-5,7H2,1H3,(H,13,17)/p+1/t8-/m1/s1. The van der Waals surface area contributed by atoms with Crippen molar-refractivity contribution in [2.45, 2.75) is 13.0 Å². The first-order valence-electron chi connectivity index (χ1n) is 6.22. The lowest BCUT2D eigenvalue weighted by Gasteiger charge is -2.26. The van der Waals surface area contributed by atoms with Crippen LogP contribution in [0.2, 0.25) is 0 Å². The van der Waals surface area contributed by atoms with Gasteiger partial charge in [0.2, 0.25) is 0 Å². The predicted molar refractivity (Wildman–Crippen MR) is 69.7 cm³/mol. The van der Waals surface area contributed by atoms with E-state index in [1.54, 1.807) is 11.3 Å². The number of hydrogen-bond donors (Lipinski definition) is 2. The Bertz CT molecular complexity index is 566. The van der Waals surface area contributed by atoms with E-state index in [4.69, 9.17) is 4.42 Å². The average molecular weight is 279 g/mol. The zero-order valence-electron chi connectivity index (χ0n) is 10.5. The van der Waals surface area contributed by atoms with Gasteiger partial charge in [0.05, 0.1) is 18.0 Å². The number of piperazine rings is 1. The molecule has 2 atom stereocenters. The van der Waals surface area contributed by atoms with Gasteiger partial charge in [-0.15, -0.1) is 21.5 Å². The SMILES string of the molecule is C[C@H](c1nnc(-c2cccs2)o1)[NH+]1CCNC(=O)C1. The summed E-state index contributed by atoms with van der Waals surface area (Å²) in [4.78, 5) is 13.5. The first-order chi connectivity index (χ1) is 9.24. The van der Waals surface area contributed by atoms with Crippen LogP contribution >= 0.6 is 11.3 Å². The van der Waals surface area contributed by atoms with Crippen LogP contribution in [0.3, 0.4) is 0 Å². The van der Waals surface area contributed by atoms with E-state index in [0.717, 1.165) is 16.3 Å². The highest BCUT2D eigenvalue weighted by Crippen LogP contribution is 2.24. The normalized spacial score (nSPS) is 21.1. The van der Waals surface area contributed by atoms with Crippen LogP contribution in [0.4, 0.5) is 0 Å². The molecule has 0 aliphatic carbocycles. The van der Waals surface area contributed by atoms with Crippen molar-refractivity contribution in [3.8, 4) is 10.8 Å². The highest BCUT2D eigenvalue weighted by atomic mass is 32.1. The molecule has 1 fully saturated rings. The Labute approximate surface area is 114 Å². The Hall–Kier alpha value is -1.73. The van der Waals surface area contributed by atoms with Crippen LogP contribution < -0.4 is 10.2 Å². The molecule has 3 rings (SSSR count). The largest absolute Gasteiger partial charge is 0.414 e. The molecule has 0 aromatic carbocycles. The minimum Gasteiger partial charge on any atom is -0.414 e. The molecule has 1 saturated heterocycles. The Morgan fingerprint density at radius 1 is 1.53 bits per heavy atom. The minimum absolute atomic E-state index is 0.0345. The van der Waals surface area contributed by atoms with Crippen LogP contribution in [0.25, 0.3) is 10.8 Å². The summed E-state index contributed by atoms with van der Waals surface area (Å²) < 4.78 is 5.71. The third-order valence-corrected chi connectivity index (χ3v) is 4.17. The summed E-state index contributed by atoms with van der Waals surface area (Å²) in [7, 11) is 0. The van der Waals surface area contributed by atoms with Crippen molar-refractivity contribution >= 4 is 17.2 Å². The number of hydrogen-bond acceptors (Lipinski definition) is 5. The van der Waals surface area contributed by atoms with E-state index in [9.17, 15) is 4.79 Å². The van der Waals surface area contributed by atoms with E-state index in [1.807, 2.05) is 24.4 Å². The van der Waals surface area contributed by atoms with E-state index in [2.05, 4.69) is 15.5 Å². The molecule has 100 valence electrons. The number of amides is 1. The van der Waals surface area contributed by atoms with Gasteiger partial charge < -0.3 is 14.6 Å². The summed E-state index contributed by atoms with van der Waals surface area (Å²) in [6.45, 7) is 4.05. The van der Waals surface area contributed by atoms with Crippen molar-refractivity contribution in [3.05, 3.63) is 23.4 Å². The molecule has 0 spiro atoms. The fourth-order valence-electron chi connectivity index (χ4n) is 2.17. The third kappa shape index (κ3) is 2.52. The number of quaternary nitrogens is 1. The van der Waals surface area contributed by atoms with Gasteiger partial charge in [-0.2, -0.15) is 0 Å². The van der Waals surface area contributed by atoms with Crippen LogP contribution in [0.5, 0.6) is 0 Å². The van der Waals surface area contributed by atoms with E-state index in [0.29, 0.717) is 24.9 Å². The molecule has 1 aliphatic heterocycles. The Balaban J connectivity index is 1.77. The molecule has 0 bridgehead atoms. The third-order valence-electron chi connectivity index (χ3n) is 3.31. The lowest BCUT2D eigenvalue weighted by atomic mass is 10.2. The van der Waals surface area contributed by atoms with Crippen molar-refractivity contribution in [2.24, 2.45) is 0 Å². The highest BCUT2D eigenvalue weighted by Gasteiger charge is 2.29. The van der Waals surface area contributed by atoms with Gasteiger partial charge in [-0.05, 0) is 18.4 Å². The van der Waals surface area contributed by atoms with Crippen molar-refractivity contribution in [3.63, 3.8) is 0 Å². The topological polar surface area (TPSA) is 72.5 Å². The van der Waals surface area contributed by atoms with Crippen LogP contribution in [-0.2, 0) is 4.79 Å². The number of nitrogens with one attached hydrogen (secondary N) is 2. The van der Waals surface area contributed by atoms with Gasteiger partial charge in [-0.25, -0.2) is 0 Å². The Kier molecular flexibility index (Phi) is 3.31. The smallest absolute Gasteiger partial charge is 0.275 e. The van der Waals surface area contributed by atoms with Gasteiger partial charge in [-0.3, -0.25) is 4.79 Å². The van der Waals surface area contributed by atoms with E-state index in [1.165, 1.54) is 0 Å². The van der Waals surface area contributed by atoms with E-state index < -0.39 is 0 Å².